The number of carboxylic acids is 1. The SMILES string of the molecule is CC(C)(Oc1ccc(F)cc1)C(=O)N1CSCC1C(=O)O. The first-order valence-corrected chi connectivity index (χ1v) is 7.53. The molecule has 1 aromatic rings. The number of carbonyl (C=O) groups excluding carboxylic acids is 1. The van der Waals surface area contributed by atoms with E-state index in [1.54, 1.807) is 13.8 Å². The standard InChI is InChI=1S/C14H16FNO4S/c1-14(2,20-10-5-3-9(15)4-6-10)13(19)16-8-21-7-11(16)12(17)18/h3-6,11H,7-8H2,1-2H3,(H,17,18). The third-order valence-electron chi connectivity index (χ3n) is 3.13. The van der Waals surface area contributed by atoms with Gasteiger partial charge in [0.2, 0.25) is 0 Å². The van der Waals surface area contributed by atoms with Crippen LogP contribution in [0.25, 0.3) is 0 Å². The van der Waals surface area contributed by atoms with E-state index in [4.69, 9.17) is 9.84 Å². The Kier molecular flexibility index (Phi) is 4.41. The lowest BCUT2D eigenvalue weighted by Crippen LogP contribution is -2.52. The number of thioether (sulfide) groups is 1. The highest BCUT2D eigenvalue weighted by Crippen LogP contribution is 2.27. The Bertz CT molecular complexity index is 546. The molecule has 114 valence electrons. The van der Waals surface area contributed by atoms with E-state index in [1.165, 1.54) is 40.9 Å². The minimum Gasteiger partial charge on any atom is -0.480 e. The van der Waals surface area contributed by atoms with Crippen LogP contribution in [0, 0.1) is 5.82 Å². The van der Waals surface area contributed by atoms with Gasteiger partial charge >= 0.3 is 5.97 Å². The molecule has 5 nitrogen and oxygen atoms in total. The lowest BCUT2D eigenvalue weighted by atomic mass is 10.1. The first-order valence-electron chi connectivity index (χ1n) is 6.37. The third-order valence-corrected chi connectivity index (χ3v) is 4.14. The van der Waals surface area contributed by atoms with E-state index in [9.17, 15) is 14.0 Å². The van der Waals surface area contributed by atoms with Gasteiger partial charge in [-0.2, -0.15) is 0 Å². The summed E-state index contributed by atoms with van der Waals surface area (Å²) in [5, 5.41) is 9.13. The van der Waals surface area contributed by atoms with Crippen molar-refractivity contribution in [1.82, 2.24) is 4.90 Å². The van der Waals surface area contributed by atoms with Crippen LogP contribution in [0.2, 0.25) is 0 Å². The number of aliphatic carboxylic acids is 1. The molecule has 0 aliphatic carbocycles. The number of ether oxygens (including phenoxy) is 1. The molecule has 1 aromatic carbocycles. The van der Waals surface area contributed by atoms with E-state index in [-0.39, 0.29) is 0 Å². The molecule has 1 unspecified atom stereocenters. The smallest absolute Gasteiger partial charge is 0.327 e. The fourth-order valence-corrected chi connectivity index (χ4v) is 3.18. The zero-order valence-corrected chi connectivity index (χ0v) is 12.5. The number of rotatable bonds is 4. The van der Waals surface area contributed by atoms with Crippen molar-refractivity contribution in [3.8, 4) is 5.75 Å². The highest BCUT2D eigenvalue weighted by Gasteiger charge is 2.42. The van der Waals surface area contributed by atoms with Crippen LogP contribution in [0.5, 0.6) is 5.75 Å². The van der Waals surface area contributed by atoms with Gasteiger partial charge in [0.1, 0.15) is 17.6 Å². The number of hydrogen-bond acceptors (Lipinski definition) is 4. The van der Waals surface area contributed by atoms with Gasteiger partial charge in [-0.25, -0.2) is 9.18 Å². The van der Waals surface area contributed by atoms with Crippen LogP contribution in [0.15, 0.2) is 24.3 Å². The molecular formula is C14H16FNO4S. The van der Waals surface area contributed by atoms with Gasteiger partial charge in [0.15, 0.2) is 5.60 Å². The molecule has 0 bridgehead atoms. The fraction of sp³-hybridized carbons (Fsp3) is 0.429. The predicted octanol–water partition coefficient (Wildman–Crippen LogP) is 1.97. The molecule has 1 amide bonds. The van der Waals surface area contributed by atoms with Gasteiger partial charge in [-0.3, -0.25) is 4.79 Å². The zero-order valence-electron chi connectivity index (χ0n) is 11.7. The maximum Gasteiger partial charge on any atom is 0.327 e. The Balaban J connectivity index is 2.12. The summed E-state index contributed by atoms with van der Waals surface area (Å²) in [6.07, 6.45) is 0. The largest absolute Gasteiger partial charge is 0.480 e. The molecular weight excluding hydrogens is 297 g/mol. The van der Waals surface area contributed by atoms with E-state index in [0.29, 0.717) is 17.4 Å². The van der Waals surface area contributed by atoms with Crippen LogP contribution >= 0.6 is 11.8 Å². The summed E-state index contributed by atoms with van der Waals surface area (Å²) >= 11 is 1.39. The maximum absolute atomic E-state index is 12.9. The van der Waals surface area contributed by atoms with Crippen molar-refractivity contribution in [3.05, 3.63) is 30.1 Å². The number of carbonyl (C=O) groups is 2. The zero-order chi connectivity index (χ0) is 15.6. The Labute approximate surface area is 126 Å². The number of amides is 1. The van der Waals surface area contributed by atoms with E-state index in [2.05, 4.69) is 0 Å². The fourth-order valence-electron chi connectivity index (χ4n) is 2.03. The lowest BCUT2D eigenvalue weighted by molar-refractivity contribution is -0.154. The molecule has 1 N–H and O–H groups in total. The van der Waals surface area contributed by atoms with Crippen LogP contribution in [0.4, 0.5) is 4.39 Å². The van der Waals surface area contributed by atoms with Gasteiger partial charge in [-0.1, -0.05) is 0 Å². The monoisotopic (exact) mass is 313 g/mol. The summed E-state index contributed by atoms with van der Waals surface area (Å²) in [5.74, 6) is -0.767. The van der Waals surface area contributed by atoms with E-state index >= 15 is 0 Å². The van der Waals surface area contributed by atoms with Crippen molar-refractivity contribution in [2.45, 2.75) is 25.5 Å². The topological polar surface area (TPSA) is 66.8 Å². The van der Waals surface area contributed by atoms with Crippen molar-refractivity contribution in [2.24, 2.45) is 0 Å². The molecule has 1 saturated heterocycles. The molecule has 1 aliphatic rings. The second-order valence-corrected chi connectivity index (χ2v) is 6.19. The average molecular weight is 313 g/mol. The highest BCUT2D eigenvalue weighted by molar-refractivity contribution is 7.99. The Morgan fingerprint density at radius 2 is 2.00 bits per heavy atom. The van der Waals surface area contributed by atoms with E-state index < -0.39 is 29.3 Å². The molecule has 7 heteroatoms. The van der Waals surface area contributed by atoms with Gasteiger partial charge in [-0.15, -0.1) is 11.8 Å². The molecule has 2 rings (SSSR count). The Morgan fingerprint density at radius 3 is 2.57 bits per heavy atom. The number of carboxylic acid groups (broad SMARTS) is 1. The summed E-state index contributed by atoms with van der Waals surface area (Å²) in [5.41, 5.74) is -1.23. The summed E-state index contributed by atoms with van der Waals surface area (Å²) in [7, 11) is 0. The van der Waals surface area contributed by atoms with E-state index in [0.717, 1.165) is 0 Å². The van der Waals surface area contributed by atoms with Crippen molar-refractivity contribution >= 4 is 23.6 Å². The quantitative estimate of drug-likeness (QED) is 0.920. The van der Waals surface area contributed by atoms with Crippen molar-refractivity contribution in [2.75, 3.05) is 11.6 Å². The molecule has 1 atom stereocenters. The minimum absolute atomic E-state index is 0.325. The minimum atomic E-state index is -1.23. The summed E-state index contributed by atoms with van der Waals surface area (Å²) in [4.78, 5) is 25.0. The van der Waals surface area contributed by atoms with Crippen LogP contribution < -0.4 is 4.74 Å². The van der Waals surface area contributed by atoms with Crippen molar-refractivity contribution < 1.29 is 23.8 Å². The Morgan fingerprint density at radius 1 is 1.38 bits per heavy atom. The van der Waals surface area contributed by atoms with Crippen LogP contribution in [0.1, 0.15) is 13.8 Å². The molecule has 0 radical (unpaired) electrons. The predicted molar refractivity (Wildman–Crippen MR) is 76.7 cm³/mol. The summed E-state index contributed by atoms with van der Waals surface area (Å²) < 4.78 is 18.5. The number of nitrogens with zero attached hydrogens (tertiary/aromatic N) is 1. The number of benzene rings is 1. The molecule has 1 fully saturated rings. The number of halogens is 1. The molecule has 0 saturated carbocycles. The second-order valence-electron chi connectivity index (χ2n) is 5.20. The van der Waals surface area contributed by atoms with Crippen LogP contribution in [-0.4, -0.2) is 45.2 Å². The van der Waals surface area contributed by atoms with E-state index in [1.807, 2.05) is 0 Å². The van der Waals surface area contributed by atoms with Gasteiger partial charge in [-0.05, 0) is 38.1 Å². The van der Waals surface area contributed by atoms with Gasteiger partial charge in [0.25, 0.3) is 5.91 Å². The summed E-state index contributed by atoms with van der Waals surface area (Å²) in [6.45, 7) is 3.14. The molecule has 1 aliphatic heterocycles. The van der Waals surface area contributed by atoms with Gasteiger partial charge in [0, 0.05) is 5.75 Å². The first-order chi connectivity index (χ1) is 9.81. The molecule has 1 heterocycles. The van der Waals surface area contributed by atoms with Crippen molar-refractivity contribution in [1.29, 1.82) is 0 Å². The third kappa shape index (κ3) is 3.47. The lowest BCUT2D eigenvalue weighted by Gasteiger charge is -2.31. The maximum atomic E-state index is 12.9. The van der Waals surface area contributed by atoms with Crippen LogP contribution in [0.3, 0.4) is 0 Å². The first kappa shape index (κ1) is 15.6. The number of hydrogen-bond donors (Lipinski definition) is 1. The highest BCUT2D eigenvalue weighted by atomic mass is 32.2. The molecule has 21 heavy (non-hydrogen) atoms. The average Bonchev–Trinajstić information content (AvgIpc) is 2.89. The second kappa shape index (κ2) is 5.93. The van der Waals surface area contributed by atoms with Gasteiger partial charge in [0.05, 0.1) is 5.88 Å². The van der Waals surface area contributed by atoms with Crippen LogP contribution in [-0.2, 0) is 9.59 Å². The molecule has 0 spiro atoms. The summed E-state index contributed by atoms with van der Waals surface area (Å²) in [6, 6.07) is 4.50. The van der Waals surface area contributed by atoms with Crippen molar-refractivity contribution in [3.63, 3.8) is 0 Å². The molecule has 0 aromatic heterocycles. The normalized spacial score (nSPS) is 18.6. The van der Waals surface area contributed by atoms with Gasteiger partial charge < -0.3 is 14.7 Å². The Hall–Kier alpha value is -1.76.